The molecule has 0 bridgehead atoms. The lowest BCUT2D eigenvalue weighted by atomic mass is 9.94. The maximum Gasteiger partial charge on any atom is 0.241 e. The number of likely N-dealkylation sites (tertiary alicyclic amines) is 1. The van der Waals surface area contributed by atoms with Crippen molar-refractivity contribution in [2.45, 2.75) is 64.0 Å². The second kappa shape index (κ2) is 9.96. The summed E-state index contributed by atoms with van der Waals surface area (Å²) in [5.41, 5.74) is 0. The number of hydrogen-bond donors (Lipinski definition) is 0. The highest BCUT2D eigenvalue weighted by Crippen LogP contribution is 2.40. The molecule has 0 unspecified atom stereocenters. The van der Waals surface area contributed by atoms with Crippen molar-refractivity contribution in [2.24, 2.45) is 5.92 Å². The predicted molar refractivity (Wildman–Crippen MR) is 116 cm³/mol. The summed E-state index contributed by atoms with van der Waals surface area (Å²) in [5.74, 6) is -0.635. The molecule has 9 heteroatoms. The third-order valence-electron chi connectivity index (χ3n) is 6.91. The molecule has 172 valence electrons. The molecule has 0 saturated carbocycles. The Morgan fingerprint density at radius 3 is 2.40 bits per heavy atom. The van der Waals surface area contributed by atoms with Crippen LogP contribution in [0.4, 0.5) is 0 Å². The monoisotopic (exact) mass is 442 g/mol. The molecule has 0 radical (unpaired) electrons. The number of nitrogens with zero attached hydrogens (tertiary/aromatic N) is 4. The van der Waals surface area contributed by atoms with E-state index in [0.29, 0.717) is 25.8 Å². The molecule has 3 rings (SSSR count). The van der Waals surface area contributed by atoms with Gasteiger partial charge in [-0.25, -0.2) is 12.7 Å². The second-order valence-corrected chi connectivity index (χ2v) is 11.0. The van der Waals surface area contributed by atoms with Crippen LogP contribution in [-0.2, 0) is 19.6 Å². The largest absolute Gasteiger partial charge is 0.337 e. The molecule has 3 fully saturated rings. The predicted octanol–water partition coefficient (Wildman–Crippen LogP) is 0.982. The molecule has 3 heterocycles. The Kier molecular flexibility index (Phi) is 7.79. The van der Waals surface area contributed by atoms with Crippen LogP contribution in [-0.4, -0.2) is 104 Å². The van der Waals surface area contributed by atoms with Crippen molar-refractivity contribution >= 4 is 21.8 Å². The molecular weight excluding hydrogens is 404 g/mol. The molecule has 0 aliphatic carbocycles. The molecule has 8 nitrogen and oxygen atoms in total. The SMILES string of the molecule is CCC[C@H]1C(=O)N(S(C)(=O)=O)[C@H]2CCN(C(=O)CCCCCN3CCN(C)CC3)[C@H]12. The topological polar surface area (TPSA) is 81.2 Å². The van der Waals surface area contributed by atoms with E-state index in [4.69, 9.17) is 0 Å². The van der Waals surface area contributed by atoms with Crippen molar-refractivity contribution in [3.63, 3.8) is 0 Å². The Bertz CT molecular complexity index is 721. The van der Waals surface area contributed by atoms with E-state index in [0.717, 1.165) is 69.0 Å². The minimum atomic E-state index is -3.61. The van der Waals surface area contributed by atoms with Gasteiger partial charge in [0, 0.05) is 39.1 Å². The summed E-state index contributed by atoms with van der Waals surface area (Å²) in [6.45, 7) is 8.12. The molecule has 0 aromatic heterocycles. The number of unbranched alkanes of at least 4 members (excludes halogenated alkanes) is 2. The van der Waals surface area contributed by atoms with Gasteiger partial charge in [-0.05, 0) is 39.3 Å². The van der Waals surface area contributed by atoms with Crippen LogP contribution in [0.1, 0.15) is 51.9 Å². The number of likely N-dealkylation sites (N-methyl/N-ethyl adjacent to an activating group) is 1. The fourth-order valence-electron chi connectivity index (χ4n) is 5.32. The van der Waals surface area contributed by atoms with Crippen molar-refractivity contribution in [3.05, 3.63) is 0 Å². The highest BCUT2D eigenvalue weighted by atomic mass is 32.2. The Balaban J connectivity index is 1.49. The summed E-state index contributed by atoms with van der Waals surface area (Å²) < 4.78 is 25.5. The van der Waals surface area contributed by atoms with E-state index in [1.807, 2.05) is 11.8 Å². The van der Waals surface area contributed by atoms with Crippen LogP contribution < -0.4 is 0 Å². The van der Waals surface area contributed by atoms with Crippen molar-refractivity contribution in [1.29, 1.82) is 0 Å². The number of fused-ring (bicyclic) bond motifs is 1. The molecule has 3 saturated heterocycles. The van der Waals surface area contributed by atoms with Gasteiger partial charge >= 0.3 is 0 Å². The molecule has 3 atom stereocenters. The number of rotatable bonds is 9. The van der Waals surface area contributed by atoms with E-state index in [2.05, 4.69) is 16.8 Å². The number of hydrogen-bond acceptors (Lipinski definition) is 6. The number of piperazine rings is 1. The summed E-state index contributed by atoms with van der Waals surface area (Å²) in [6.07, 6.45) is 6.53. The molecule has 0 N–H and O–H groups in total. The zero-order valence-electron chi connectivity index (χ0n) is 18.8. The lowest BCUT2D eigenvalue weighted by Gasteiger charge is -2.32. The van der Waals surface area contributed by atoms with Gasteiger partial charge < -0.3 is 14.7 Å². The van der Waals surface area contributed by atoms with Crippen LogP contribution in [0.3, 0.4) is 0 Å². The minimum absolute atomic E-state index is 0.0753. The number of carbonyl (C=O) groups excluding carboxylic acids is 2. The number of sulfonamides is 1. The van der Waals surface area contributed by atoms with E-state index < -0.39 is 15.9 Å². The van der Waals surface area contributed by atoms with Gasteiger partial charge in [0.2, 0.25) is 21.8 Å². The van der Waals surface area contributed by atoms with Crippen molar-refractivity contribution in [1.82, 2.24) is 19.0 Å². The van der Waals surface area contributed by atoms with Crippen LogP contribution in [0.5, 0.6) is 0 Å². The highest BCUT2D eigenvalue weighted by Gasteiger charge is 2.56. The molecule has 3 aliphatic rings. The summed E-state index contributed by atoms with van der Waals surface area (Å²) >= 11 is 0. The molecule has 3 aliphatic heterocycles. The van der Waals surface area contributed by atoms with Gasteiger partial charge in [0.05, 0.1) is 24.3 Å². The van der Waals surface area contributed by atoms with Crippen LogP contribution >= 0.6 is 0 Å². The van der Waals surface area contributed by atoms with Crippen LogP contribution in [0.25, 0.3) is 0 Å². The van der Waals surface area contributed by atoms with Crippen LogP contribution in [0.15, 0.2) is 0 Å². The van der Waals surface area contributed by atoms with Gasteiger partial charge in [0.15, 0.2) is 0 Å². The van der Waals surface area contributed by atoms with Gasteiger partial charge in [-0.2, -0.15) is 0 Å². The van der Waals surface area contributed by atoms with Crippen molar-refractivity contribution in [3.8, 4) is 0 Å². The first kappa shape index (κ1) is 23.5. The van der Waals surface area contributed by atoms with Gasteiger partial charge in [0.25, 0.3) is 0 Å². The summed E-state index contributed by atoms with van der Waals surface area (Å²) in [4.78, 5) is 32.4. The van der Waals surface area contributed by atoms with Gasteiger partial charge in [-0.1, -0.05) is 19.8 Å². The van der Waals surface area contributed by atoms with Crippen molar-refractivity contribution < 1.29 is 18.0 Å². The third-order valence-corrected chi connectivity index (χ3v) is 8.07. The lowest BCUT2D eigenvalue weighted by molar-refractivity contribution is -0.134. The molecule has 0 spiro atoms. The Hall–Kier alpha value is -1.19. The van der Waals surface area contributed by atoms with E-state index in [1.165, 1.54) is 0 Å². The zero-order chi connectivity index (χ0) is 21.9. The van der Waals surface area contributed by atoms with Gasteiger partial charge in [-0.3, -0.25) is 9.59 Å². The highest BCUT2D eigenvalue weighted by molar-refractivity contribution is 7.88. The standard InChI is InChI=1S/C21H38N4O4S/c1-4-8-17-20-18(25(21(17)27)30(3,28)29)10-12-24(20)19(26)9-6-5-7-11-23-15-13-22(2)14-16-23/h17-18,20H,4-16H2,1-3H3/t17-,18+,20-/m1/s1. The normalized spacial score (nSPS) is 28.4. The quantitative estimate of drug-likeness (QED) is 0.495. The first-order valence-corrected chi connectivity index (χ1v) is 13.3. The summed E-state index contributed by atoms with van der Waals surface area (Å²) in [6, 6.07) is -0.671. The number of amides is 2. The maximum atomic E-state index is 12.9. The molecule has 0 aromatic rings. The first-order chi connectivity index (χ1) is 14.2. The number of carbonyl (C=O) groups is 2. The van der Waals surface area contributed by atoms with Crippen LogP contribution in [0, 0.1) is 5.92 Å². The fraction of sp³-hybridized carbons (Fsp3) is 0.905. The van der Waals surface area contributed by atoms with Crippen molar-refractivity contribution in [2.75, 3.05) is 52.6 Å². The van der Waals surface area contributed by atoms with Crippen LogP contribution in [0.2, 0.25) is 0 Å². The Labute approximate surface area is 181 Å². The lowest BCUT2D eigenvalue weighted by Crippen LogP contribution is -2.44. The molecule has 0 aromatic carbocycles. The van der Waals surface area contributed by atoms with E-state index in [-0.39, 0.29) is 23.9 Å². The molecule has 30 heavy (non-hydrogen) atoms. The maximum absolute atomic E-state index is 12.9. The summed E-state index contributed by atoms with van der Waals surface area (Å²) in [5, 5.41) is 0. The van der Waals surface area contributed by atoms with Gasteiger partial charge in [-0.15, -0.1) is 0 Å². The van der Waals surface area contributed by atoms with E-state index in [9.17, 15) is 18.0 Å². The second-order valence-electron chi connectivity index (χ2n) is 9.18. The third kappa shape index (κ3) is 5.16. The fourth-order valence-corrected chi connectivity index (χ4v) is 6.51. The zero-order valence-corrected chi connectivity index (χ0v) is 19.6. The Morgan fingerprint density at radius 2 is 1.77 bits per heavy atom. The Morgan fingerprint density at radius 1 is 1.07 bits per heavy atom. The smallest absolute Gasteiger partial charge is 0.241 e. The molecular formula is C21H38N4O4S. The summed E-state index contributed by atoms with van der Waals surface area (Å²) in [7, 11) is -1.45. The van der Waals surface area contributed by atoms with Gasteiger partial charge in [0.1, 0.15) is 0 Å². The minimum Gasteiger partial charge on any atom is -0.337 e. The van der Waals surface area contributed by atoms with E-state index >= 15 is 0 Å². The average Bonchev–Trinajstić information content (AvgIpc) is 3.21. The first-order valence-electron chi connectivity index (χ1n) is 11.5. The average molecular weight is 443 g/mol. The van der Waals surface area contributed by atoms with E-state index in [1.54, 1.807) is 0 Å². The molecule has 2 amide bonds.